The average Bonchev–Trinajstić information content (AvgIpc) is 3.03. The topological polar surface area (TPSA) is 40.5 Å². The van der Waals surface area contributed by atoms with Crippen molar-refractivity contribution in [1.82, 2.24) is 4.57 Å². The smallest absolute Gasteiger partial charge is 0.258 e. The van der Waals surface area contributed by atoms with E-state index in [2.05, 4.69) is 0 Å². The SMILES string of the molecule is Cc1ccc(-n2c(=O)cc(-c3ccc4c(c3)OCO4)sc2=S)c(C)c1. The van der Waals surface area contributed by atoms with Gasteiger partial charge >= 0.3 is 0 Å². The second-order valence-corrected chi connectivity index (χ2v) is 7.58. The number of benzene rings is 2. The van der Waals surface area contributed by atoms with Gasteiger partial charge in [-0.1, -0.05) is 17.7 Å². The summed E-state index contributed by atoms with van der Waals surface area (Å²) in [7, 11) is 0. The molecule has 126 valence electrons. The molecule has 2 heterocycles. The first-order valence-corrected chi connectivity index (χ1v) is 9.00. The first kappa shape index (κ1) is 16.1. The summed E-state index contributed by atoms with van der Waals surface area (Å²) in [5, 5.41) is 0. The van der Waals surface area contributed by atoms with E-state index < -0.39 is 0 Å². The molecule has 2 aromatic carbocycles. The number of ether oxygens (including phenoxy) is 2. The summed E-state index contributed by atoms with van der Waals surface area (Å²) in [5.41, 5.74) is 3.76. The molecule has 0 fully saturated rings. The van der Waals surface area contributed by atoms with E-state index in [9.17, 15) is 4.79 Å². The summed E-state index contributed by atoms with van der Waals surface area (Å²) in [6.07, 6.45) is 0. The Labute approximate surface area is 153 Å². The van der Waals surface area contributed by atoms with Gasteiger partial charge in [0.2, 0.25) is 6.79 Å². The molecule has 25 heavy (non-hydrogen) atoms. The van der Waals surface area contributed by atoms with Crippen LogP contribution in [0.15, 0.2) is 47.3 Å². The lowest BCUT2D eigenvalue weighted by Crippen LogP contribution is -2.18. The van der Waals surface area contributed by atoms with Crippen molar-refractivity contribution in [3.8, 4) is 27.6 Å². The third-order valence-corrected chi connectivity index (χ3v) is 5.47. The minimum atomic E-state index is -0.136. The second-order valence-electron chi connectivity index (χ2n) is 5.91. The fraction of sp³-hybridized carbons (Fsp3) is 0.158. The summed E-state index contributed by atoms with van der Waals surface area (Å²) in [4.78, 5) is 13.6. The molecule has 1 aromatic heterocycles. The van der Waals surface area contributed by atoms with Gasteiger partial charge < -0.3 is 9.47 Å². The predicted octanol–water partition coefficient (Wildman–Crippen LogP) is 4.64. The normalized spacial score (nSPS) is 12.4. The lowest BCUT2D eigenvalue weighted by Gasteiger charge is -2.11. The molecule has 0 radical (unpaired) electrons. The molecular weight excluding hydrogens is 354 g/mol. The van der Waals surface area contributed by atoms with E-state index in [1.54, 1.807) is 10.6 Å². The van der Waals surface area contributed by atoms with Crippen LogP contribution in [0.25, 0.3) is 16.1 Å². The van der Waals surface area contributed by atoms with Crippen LogP contribution in [0, 0.1) is 17.8 Å². The first-order chi connectivity index (χ1) is 12.0. The highest BCUT2D eigenvalue weighted by Crippen LogP contribution is 2.36. The minimum absolute atomic E-state index is 0.136. The molecule has 3 aromatic rings. The maximum absolute atomic E-state index is 12.8. The number of hydrogen-bond acceptors (Lipinski definition) is 5. The number of aryl methyl sites for hydroxylation is 2. The van der Waals surface area contributed by atoms with Crippen LogP contribution in [0.2, 0.25) is 0 Å². The Kier molecular flexibility index (Phi) is 3.94. The highest BCUT2D eigenvalue weighted by molar-refractivity contribution is 7.73. The number of aromatic nitrogens is 1. The van der Waals surface area contributed by atoms with Crippen LogP contribution in [-0.4, -0.2) is 11.4 Å². The van der Waals surface area contributed by atoms with Gasteiger partial charge in [0, 0.05) is 10.9 Å². The standard InChI is InChI=1S/C19H15NO3S2/c1-11-3-5-14(12(2)7-11)20-18(21)9-17(25-19(20)24)13-4-6-15-16(8-13)23-10-22-15/h3-9H,10H2,1-2H3. The summed E-state index contributed by atoms with van der Waals surface area (Å²) in [5.74, 6) is 1.41. The maximum atomic E-state index is 12.8. The van der Waals surface area contributed by atoms with E-state index in [0.717, 1.165) is 33.0 Å². The van der Waals surface area contributed by atoms with Gasteiger partial charge in [-0.3, -0.25) is 9.36 Å². The van der Waals surface area contributed by atoms with E-state index in [4.69, 9.17) is 21.7 Å². The van der Waals surface area contributed by atoms with Crippen LogP contribution < -0.4 is 15.0 Å². The van der Waals surface area contributed by atoms with Gasteiger partial charge in [-0.25, -0.2) is 0 Å². The van der Waals surface area contributed by atoms with Crippen LogP contribution >= 0.6 is 23.6 Å². The minimum Gasteiger partial charge on any atom is -0.454 e. The van der Waals surface area contributed by atoms with Crippen LogP contribution in [-0.2, 0) is 0 Å². The van der Waals surface area contributed by atoms with Gasteiger partial charge in [-0.05, 0) is 61.5 Å². The molecule has 1 aliphatic rings. The van der Waals surface area contributed by atoms with Crippen LogP contribution in [0.4, 0.5) is 0 Å². The van der Waals surface area contributed by atoms with Crippen LogP contribution in [0.3, 0.4) is 0 Å². The van der Waals surface area contributed by atoms with E-state index in [1.165, 1.54) is 11.3 Å². The van der Waals surface area contributed by atoms with E-state index in [0.29, 0.717) is 9.70 Å². The Bertz CT molecular complexity index is 1070. The zero-order chi connectivity index (χ0) is 17.6. The molecule has 1 aliphatic heterocycles. The predicted molar refractivity (Wildman–Crippen MR) is 102 cm³/mol. The quantitative estimate of drug-likeness (QED) is 0.617. The number of fused-ring (bicyclic) bond motifs is 1. The third kappa shape index (κ3) is 2.88. The maximum Gasteiger partial charge on any atom is 0.258 e. The Morgan fingerprint density at radius 1 is 1.04 bits per heavy atom. The molecule has 4 rings (SSSR count). The summed E-state index contributed by atoms with van der Waals surface area (Å²) in [6, 6.07) is 13.2. The highest BCUT2D eigenvalue weighted by atomic mass is 32.1. The van der Waals surface area contributed by atoms with Crippen molar-refractivity contribution < 1.29 is 9.47 Å². The van der Waals surface area contributed by atoms with Crippen molar-refractivity contribution in [1.29, 1.82) is 0 Å². The highest BCUT2D eigenvalue weighted by Gasteiger charge is 2.15. The van der Waals surface area contributed by atoms with Crippen molar-refractivity contribution >= 4 is 23.6 Å². The molecule has 4 nitrogen and oxygen atoms in total. The van der Waals surface area contributed by atoms with Gasteiger partial charge in [-0.15, -0.1) is 11.3 Å². The zero-order valence-electron chi connectivity index (χ0n) is 13.7. The molecule has 0 spiro atoms. The summed E-state index contributed by atoms with van der Waals surface area (Å²) < 4.78 is 12.9. The Morgan fingerprint density at radius 2 is 1.84 bits per heavy atom. The van der Waals surface area contributed by atoms with Crippen LogP contribution in [0.5, 0.6) is 11.5 Å². The number of nitrogens with zero attached hydrogens (tertiary/aromatic N) is 1. The second kappa shape index (κ2) is 6.13. The largest absolute Gasteiger partial charge is 0.454 e. The Balaban J connectivity index is 1.84. The van der Waals surface area contributed by atoms with Gasteiger partial charge in [0.05, 0.1) is 5.69 Å². The van der Waals surface area contributed by atoms with E-state index >= 15 is 0 Å². The Hall–Kier alpha value is -2.44. The molecule has 6 heteroatoms. The third-order valence-electron chi connectivity index (χ3n) is 4.11. The fourth-order valence-corrected chi connectivity index (χ4v) is 4.23. The number of hydrogen-bond donors (Lipinski definition) is 0. The van der Waals surface area contributed by atoms with Crippen molar-refractivity contribution in [2.75, 3.05) is 6.79 Å². The van der Waals surface area contributed by atoms with Crippen molar-refractivity contribution in [2.24, 2.45) is 0 Å². The lowest BCUT2D eigenvalue weighted by atomic mass is 10.1. The van der Waals surface area contributed by atoms with E-state index in [1.807, 2.05) is 50.2 Å². The van der Waals surface area contributed by atoms with Gasteiger partial charge in [0.1, 0.15) is 0 Å². The van der Waals surface area contributed by atoms with E-state index in [-0.39, 0.29) is 12.4 Å². The van der Waals surface area contributed by atoms with Gasteiger partial charge in [0.25, 0.3) is 5.56 Å². The molecular formula is C19H15NO3S2. The summed E-state index contributed by atoms with van der Waals surface area (Å²) in [6.45, 7) is 4.24. The van der Waals surface area contributed by atoms with Crippen LogP contribution in [0.1, 0.15) is 11.1 Å². The summed E-state index contributed by atoms with van der Waals surface area (Å²) >= 11 is 6.93. The Morgan fingerprint density at radius 3 is 2.60 bits per heavy atom. The molecule has 0 bridgehead atoms. The molecule has 0 amide bonds. The van der Waals surface area contributed by atoms with Crippen molar-refractivity contribution in [3.63, 3.8) is 0 Å². The molecule has 0 atom stereocenters. The van der Waals surface area contributed by atoms with Crippen molar-refractivity contribution in [3.05, 3.63) is 67.9 Å². The number of rotatable bonds is 2. The monoisotopic (exact) mass is 369 g/mol. The molecule has 0 aliphatic carbocycles. The molecule has 0 saturated heterocycles. The average molecular weight is 369 g/mol. The molecule has 0 N–H and O–H groups in total. The first-order valence-electron chi connectivity index (χ1n) is 7.78. The van der Waals surface area contributed by atoms with Gasteiger partial charge in [-0.2, -0.15) is 0 Å². The van der Waals surface area contributed by atoms with Crippen molar-refractivity contribution in [2.45, 2.75) is 13.8 Å². The zero-order valence-corrected chi connectivity index (χ0v) is 15.4. The molecule has 0 unspecified atom stereocenters. The molecule has 0 saturated carbocycles. The lowest BCUT2D eigenvalue weighted by molar-refractivity contribution is 0.174. The fourth-order valence-electron chi connectivity index (χ4n) is 2.90. The van der Waals surface area contributed by atoms with Gasteiger partial charge in [0.15, 0.2) is 15.5 Å².